The fraction of sp³-hybridized carbons (Fsp3) is 0.952. The molecule has 2 N–H and O–H groups in total. The molecule has 0 spiro atoms. The number of nitrogens with zero attached hydrogens (tertiary/aromatic N) is 3. The van der Waals surface area contributed by atoms with Gasteiger partial charge in [0.25, 0.3) is 0 Å². The van der Waals surface area contributed by atoms with E-state index in [9.17, 15) is 0 Å². The highest BCUT2D eigenvalue weighted by atomic mass is 16.5. The average Bonchev–Trinajstić information content (AvgIpc) is 2.68. The SMILES string of the molecule is CCNC(=NCC(C)CN1CCOCC1)NC1CCN(CCOC(C)C)CC1. The maximum atomic E-state index is 5.68. The van der Waals surface area contributed by atoms with Crippen LogP contribution in [0.4, 0.5) is 0 Å². The first-order valence-corrected chi connectivity index (χ1v) is 11.3. The maximum Gasteiger partial charge on any atom is 0.191 e. The number of hydrogen-bond acceptors (Lipinski definition) is 5. The molecule has 2 saturated heterocycles. The average molecular weight is 398 g/mol. The molecular formula is C21H43N5O2. The second-order valence-corrected chi connectivity index (χ2v) is 8.42. The van der Waals surface area contributed by atoms with Gasteiger partial charge < -0.3 is 25.0 Å². The molecule has 0 radical (unpaired) electrons. The van der Waals surface area contributed by atoms with Gasteiger partial charge in [0, 0.05) is 58.4 Å². The first-order chi connectivity index (χ1) is 13.6. The van der Waals surface area contributed by atoms with Crippen LogP contribution in [0.2, 0.25) is 0 Å². The van der Waals surface area contributed by atoms with Gasteiger partial charge in [0.2, 0.25) is 0 Å². The van der Waals surface area contributed by atoms with E-state index in [1.807, 2.05) is 0 Å². The van der Waals surface area contributed by atoms with Crippen LogP contribution in [-0.4, -0.2) is 100 Å². The highest BCUT2D eigenvalue weighted by Crippen LogP contribution is 2.10. The van der Waals surface area contributed by atoms with Crippen LogP contribution in [0.5, 0.6) is 0 Å². The van der Waals surface area contributed by atoms with Crippen LogP contribution in [0.3, 0.4) is 0 Å². The van der Waals surface area contributed by atoms with E-state index in [1.54, 1.807) is 0 Å². The third kappa shape index (κ3) is 9.54. The van der Waals surface area contributed by atoms with Crippen molar-refractivity contribution in [3.63, 3.8) is 0 Å². The molecule has 2 aliphatic rings. The monoisotopic (exact) mass is 397 g/mol. The van der Waals surface area contributed by atoms with Crippen LogP contribution in [-0.2, 0) is 9.47 Å². The third-order valence-corrected chi connectivity index (χ3v) is 5.37. The number of nitrogens with one attached hydrogen (secondary N) is 2. The minimum atomic E-state index is 0.323. The Morgan fingerprint density at radius 2 is 1.82 bits per heavy atom. The standard InChI is InChI=1S/C21H43N5O2/c1-5-22-21(23-16-19(4)17-26-10-13-27-14-11-26)24-20-6-8-25(9-7-20)12-15-28-18(2)3/h18-20H,5-17H2,1-4H3,(H2,22,23,24). The molecule has 2 rings (SSSR count). The van der Waals surface area contributed by atoms with E-state index in [2.05, 4.69) is 48.1 Å². The van der Waals surface area contributed by atoms with E-state index in [4.69, 9.17) is 14.5 Å². The predicted molar refractivity (Wildman–Crippen MR) is 116 cm³/mol. The van der Waals surface area contributed by atoms with E-state index in [0.717, 1.165) is 91.0 Å². The van der Waals surface area contributed by atoms with Gasteiger partial charge in [-0.1, -0.05) is 6.92 Å². The molecule has 0 bridgehead atoms. The number of aliphatic imine (C=N–C) groups is 1. The zero-order valence-electron chi connectivity index (χ0n) is 18.6. The second kappa shape index (κ2) is 13.4. The number of ether oxygens (including phenoxy) is 2. The molecule has 7 heteroatoms. The lowest BCUT2D eigenvalue weighted by Gasteiger charge is -2.33. The van der Waals surface area contributed by atoms with Crippen molar-refractivity contribution in [2.24, 2.45) is 10.9 Å². The minimum absolute atomic E-state index is 0.323. The fourth-order valence-electron chi connectivity index (χ4n) is 3.76. The zero-order valence-corrected chi connectivity index (χ0v) is 18.6. The van der Waals surface area contributed by atoms with Gasteiger partial charge in [-0.15, -0.1) is 0 Å². The lowest BCUT2D eigenvalue weighted by atomic mass is 10.1. The van der Waals surface area contributed by atoms with Crippen LogP contribution >= 0.6 is 0 Å². The summed E-state index contributed by atoms with van der Waals surface area (Å²) in [5, 5.41) is 7.08. The molecule has 0 aromatic heterocycles. The van der Waals surface area contributed by atoms with Crippen molar-refractivity contribution in [1.29, 1.82) is 0 Å². The van der Waals surface area contributed by atoms with Crippen LogP contribution in [0, 0.1) is 5.92 Å². The quantitative estimate of drug-likeness (QED) is 0.429. The van der Waals surface area contributed by atoms with Crippen LogP contribution in [0.1, 0.15) is 40.5 Å². The molecule has 0 aromatic carbocycles. The van der Waals surface area contributed by atoms with Crippen molar-refractivity contribution in [2.75, 3.05) is 72.2 Å². The molecule has 0 aliphatic carbocycles. The summed E-state index contributed by atoms with van der Waals surface area (Å²) in [6.07, 6.45) is 2.65. The topological polar surface area (TPSA) is 61.4 Å². The molecule has 0 aromatic rings. The van der Waals surface area contributed by atoms with Crippen LogP contribution in [0.15, 0.2) is 4.99 Å². The summed E-state index contributed by atoms with van der Waals surface area (Å²) < 4.78 is 11.1. The number of piperidine rings is 1. The fourth-order valence-corrected chi connectivity index (χ4v) is 3.76. The van der Waals surface area contributed by atoms with E-state index < -0.39 is 0 Å². The van der Waals surface area contributed by atoms with Gasteiger partial charge in [0.05, 0.1) is 25.9 Å². The molecular weight excluding hydrogens is 354 g/mol. The van der Waals surface area contributed by atoms with E-state index in [-0.39, 0.29) is 0 Å². The Morgan fingerprint density at radius 3 is 2.46 bits per heavy atom. The summed E-state index contributed by atoms with van der Waals surface area (Å²) in [4.78, 5) is 9.86. The highest BCUT2D eigenvalue weighted by Gasteiger charge is 2.20. The smallest absolute Gasteiger partial charge is 0.191 e. The van der Waals surface area contributed by atoms with E-state index in [1.165, 1.54) is 0 Å². The predicted octanol–water partition coefficient (Wildman–Crippen LogP) is 1.40. The zero-order chi connectivity index (χ0) is 20.2. The molecule has 2 heterocycles. The number of rotatable bonds is 10. The van der Waals surface area contributed by atoms with Crippen LogP contribution < -0.4 is 10.6 Å². The maximum absolute atomic E-state index is 5.68. The number of guanidine groups is 1. The molecule has 0 amide bonds. The van der Waals surface area contributed by atoms with Crippen molar-refractivity contribution in [3.05, 3.63) is 0 Å². The summed E-state index contributed by atoms with van der Waals surface area (Å²) in [6, 6.07) is 0.509. The summed E-state index contributed by atoms with van der Waals surface area (Å²) in [7, 11) is 0. The number of morpholine rings is 1. The number of likely N-dealkylation sites (tertiary alicyclic amines) is 1. The van der Waals surface area contributed by atoms with Gasteiger partial charge in [-0.3, -0.25) is 9.89 Å². The van der Waals surface area contributed by atoms with Crippen LogP contribution in [0.25, 0.3) is 0 Å². The van der Waals surface area contributed by atoms with Gasteiger partial charge >= 0.3 is 0 Å². The van der Waals surface area contributed by atoms with E-state index >= 15 is 0 Å². The van der Waals surface area contributed by atoms with E-state index in [0.29, 0.717) is 18.1 Å². The molecule has 2 aliphatic heterocycles. The minimum Gasteiger partial charge on any atom is -0.379 e. The molecule has 1 atom stereocenters. The van der Waals surface area contributed by atoms with Gasteiger partial charge in [0.1, 0.15) is 0 Å². The Labute approximate surface area is 172 Å². The Kier molecular flexibility index (Phi) is 11.2. The van der Waals surface area contributed by atoms with Crippen molar-refractivity contribution >= 4 is 5.96 Å². The first-order valence-electron chi connectivity index (χ1n) is 11.3. The van der Waals surface area contributed by atoms with Gasteiger partial charge in [-0.05, 0) is 39.5 Å². The van der Waals surface area contributed by atoms with Crippen molar-refractivity contribution in [1.82, 2.24) is 20.4 Å². The lowest BCUT2D eigenvalue weighted by molar-refractivity contribution is 0.0323. The first kappa shape index (κ1) is 23.4. The molecule has 164 valence electrons. The molecule has 0 saturated carbocycles. The summed E-state index contributed by atoms with van der Waals surface area (Å²) in [5.41, 5.74) is 0. The van der Waals surface area contributed by atoms with Gasteiger partial charge in [-0.2, -0.15) is 0 Å². The Balaban J connectivity index is 1.69. The number of hydrogen-bond donors (Lipinski definition) is 2. The summed E-state index contributed by atoms with van der Waals surface area (Å²) >= 11 is 0. The summed E-state index contributed by atoms with van der Waals surface area (Å²) in [5.74, 6) is 1.52. The van der Waals surface area contributed by atoms with Crippen molar-refractivity contribution < 1.29 is 9.47 Å². The molecule has 1 unspecified atom stereocenters. The Morgan fingerprint density at radius 1 is 1.11 bits per heavy atom. The summed E-state index contributed by atoms with van der Waals surface area (Å²) in [6.45, 7) is 19.4. The Hall–Kier alpha value is -0.890. The van der Waals surface area contributed by atoms with Gasteiger partial charge in [-0.25, -0.2) is 0 Å². The second-order valence-electron chi connectivity index (χ2n) is 8.42. The Bertz CT molecular complexity index is 433. The normalized spacial score (nSPS) is 21.8. The molecule has 28 heavy (non-hydrogen) atoms. The molecule has 7 nitrogen and oxygen atoms in total. The molecule has 2 fully saturated rings. The lowest BCUT2D eigenvalue weighted by Crippen LogP contribution is -2.49. The largest absolute Gasteiger partial charge is 0.379 e. The van der Waals surface area contributed by atoms with Crippen molar-refractivity contribution in [2.45, 2.75) is 52.7 Å². The third-order valence-electron chi connectivity index (χ3n) is 5.37. The van der Waals surface area contributed by atoms with Crippen molar-refractivity contribution in [3.8, 4) is 0 Å². The highest BCUT2D eigenvalue weighted by molar-refractivity contribution is 5.80. The van der Waals surface area contributed by atoms with Gasteiger partial charge in [0.15, 0.2) is 5.96 Å².